The second kappa shape index (κ2) is 4.00. The van der Waals surface area contributed by atoms with Crippen LogP contribution < -0.4 is 11.5 Å². The molecule has 0 unspecified atom stereocenters. The summed E-state index contributed by atoms with van der Waals surface area (Å²) in [6.07, 6.45) is 0. The van der Waals surface area contributed by atoms with Crippen molar-refractivity contribution in [1.29, 1.82) is 0 Å². The zero-order chi connectivity index (χ0) is 12.4. The van der Waals surface area contributed by atoms with E-state index in [0.29, 0.717) is 0 Å². The highest BCUT2D eigenvalue weighted by atomic mass is 16.3. The van der Waals surface area contributed by atoms with Gasteiger partial charge < -0.3 is 21.7 Å². The van der Waals surface area contributed by atoms with Gasteiger partial charge in [-0.1, -0.05) is 6.07 Å². The van der Waals surface area contributed by atoms with Crippen molar-refractivity contribution >= 4 is 23.0 Å². The number of nitrogens with two attached hydrogens (primary N) is 2. The molecule has 0 saturated carbocycles. The van der Waals surface area contributed by atoms with Crippen molar-refractivity contribution in [2.24, 2.45) is 10.2 Å². The van der Waals surface area contributed by atoms with Crippen molar-refractivity contribution < 1.29 is 10.2 Å². The van der Waals surface area contributed by atoms with Gasteiger partial charge in [-0.3, -0.25) is 5.10 Å². The van der Waals surface area contributed by atoms with Crippen molar-refractivity contribution in [2.45, 2.75) is 0 Å². The van der Waals surface area contributed by atoms with E-state index in [9.17, 15) is 10.2 Å². The van der Waals surface area contributed by atoms with Crippen LogP contribution in [-0.2, 0) is 0 Å². The highest BCUT2D eigenvalue weighted by molar-refractivity contribution is 5.70. The first kappa shape index (κ1) is 10.7. The second-order valence-electron chi connectivity index (χ2n) is 3.22. The molecular weight excluding hydrogens is 224 g/mol. The molecule has 0 bridgehead atoms. The molecule has 17 heavy (non-hydrogen) atoms. The van der Waals surface area contributed by atoms with Crippen LogP contribution >= 0.6 is 0 Å². The SMILES string of the molecule is Nc1n[nH]c(N)c1N=Nc1c(O)cccc1O. The number of rotatable bonds is 2. The number of phenolic OH excluding ortho intramolecular Hbond substituents is 2. The zero-order valence-corrected chi connectivity index (χ0v) is 8.62. The van der Waals surface area contributed by atoms with Gasteiger partial charge in [0.2, 0.25) is 0 Å². The van der Waals surface area contributed by atoms with Gasteiger partial charge in [0.05, 0.1) is 0 Å². The van der Waals surface area contributed by atoms with Gasteiger partial charge in [0, 0.05) is 0 Å². The number of hydrogen-bond donors (Lipinski definition) is 5. The molecule has 1 heterocycles. The van der Waals surface area contributed by atoms with Gasteiger partial charge in [0.15, 0.2) is 17.2 Å². The third-order valence-corrected chi connectivity index (χ3v) is 2.04. The van der Waals surface area contributed by atoms with Crippen LogP contribution in [0.5, 0.6) is 11.5 Å². The first-order valence-electron chi connectivity index (χ1n) is 4.61. The number of anilines is 2. The number of H-pyrrole nitrogens is 1. The molecule has 2 rings (SSSR count). The number of aromatic amines is 1. The van der Waals surface area contributed by atoms with E-state index in [1.54, 1.807) is 0 Å². The molecule has 1 aromatic heterocycles. The van der Waals surface area contributed by atoms with Crippen molar-refractivity contribution in [3.05, 3.63) is 18.2 Å². The maximum atomic E-state index is 9.46. The Balaban J connectivity index is 2.39. The smallest absolute Gasteiger partial charge is 0.175 e. The summed E-state index contributed by atoms with van der Waals surface area (Å²) in [5, 5.41) is 32.4. The lowest BCUT2D eigenvalue weighted by molar-refractivity contribution is 0.452. The Kier molecular flexibility index (Phi) is 2.53. The number of aromatic nitrogens is 2. The van der Waals surface area contributed by atoms with E-state index in [-0.39, 0.29) is 34.5 Å². The maximum Gasteiger partial charge on any atom is 0.175 e. The average Bonchev–Trinajstić information content (AvgIpc) is 2.59. The summed E-state index contributed by atoms with van der Waals surface area (Å²) >= 11 is 0. The molecule has 0 aliphatic heterocycles. The Morgan fingerprint density at radius 2 is 1.65 bits per heavy atom. The van der Waals surface area contributed by atoms with Gasteiger partial charge in [0.1, 0.15) is 17.3 Å². The number of azo groups is 1. The van der Waals surface area contributed by atoms with Crippen LogP contribution in [0, 0.1) is 0 Å². The fraction of sp³-hybridized carbons (Fsp3) is 0. The van der Waals surface area contributed by atoms with Crippen LogP contribution in [0.15, 0.2) is 28.4 Å². The standard InChI is InChI=1S/C9H10N6O2/c10-8-7(9(11)15-14-8)13-12-6-4(16)2-1-3-5(6)17/h1-3,16-17H,(H5,10,11,14,15). The van der Waals surface area contributed by atoms with Crippen LogP contribution in [0.4, 0.5) is 23.0 Å². The average molecular weight is 234 g/mol. The molecular formula is C9H10N6O2. The molecule has 2 aromatic rings. The topological polar surface area (TPSA) is 146 Å². The molecule has 0 saturated heterocycles. The zero-order valence-electron chi connectivity index (χ0n) is 8.62. The predicted molar refractivity (Wildman–Crippen MR) is 61.4 cm³/mol. The molecule has 0 fully saturated rings. The molecule has 0 amide bonds. The van der Waals surface area contributed by atoms with E-state index in [2.05, 4.69) is 20.4 Å². The van der Waals surface area contributed by atoms with E-state index in [1.165, 1.54) is 18.2 Å². The molecule has 8 nitrogen and oxygen atoms in total. The third-order valence-electron chi connectivity index (χ3n) is 2.04. The Labute approximate surface area is 95.6 Å². The fourth-order valence-electron chi connectivity index (χ4n) is 1.19. The summed E-state index contributed by atoms with van der Waals surface area (Å²) in [7, 11) is 0. The minimum Gasteiger partial charge on any atom is -0.505 e. The van der Waals surface area contributed by atoms with Crippen molar-refractivity contribution in [3.8, 4) is 11.5 Å². The summed E-state index contributed by atoms with van der Waals surface area (Å²) in [5.74, 6) is -0.161. The van der Waals surface area contributed by atoms with Gasteiger partial charge in [0.25, 0.3) is 0 Å². The van der Waals surface area contributed by atoms with Gasteiger partial charge in [-0.05, 0) is 12.1 Å². The maximum absolute atomic E-state index is 9.46. The number of phenols is 2. The fourth-order valence-corrected chi connectivity index (χ4v) is 1.19. The Morgan fingerprint density at radius 1 is 1.06 bits per heavy atom. The molecule has 7 N–H and O–H groups in total. The quantitative estimate of drug-likeness (QED) is 0.498. The first-order chi connectivity index (χ1) is 8.09. The number of nitrogens with one attached hydrogen (secondary N) is 1. The van der Waals surface area contributed by atoms with Crippen LogP contribution in [0.1, 0.15) is 0 Å². The summed E-state index contributed by atoms with van der Waals surface area (Å²) in [4.78, 5) is 0. The van der Waals surface area contributed by atoms with E-state index in [0.717, 1.165) is 0 Å². The van der Waals surface area contributed by atoms with Crippen LogP contribution in [-0.4, -0.2) is 20.4 Å². The Morgan fingerprint density at radius 3 is 2.18 bits per heavy atom. The molecule has 0 aliphatic carbocycles. The molecule has 1 aromatic carbocycles. The van der Waals surface area contributed by atoms with Crippen molar-refractivity contribution in [1.82, 2.24) is 10.2 Å². The van der Waals surface area contributed by atoms with Crippen LogP contribution in [0.25, 0.3) is 0 Å². The Hall–Kier alpha value is -2.77. The van der Waals surface area contributed by atoms with Gasteiger partial charge in [-0.2, -0.15) is 5.10 Å². The van der Waals surface area contributed by atoms with E-state index in [4.69, 9.17) is 11.5 Å². The molecule has 0 atom stereocenters. The van der Waals surface area contributed by atoms with Gasteiger partial charge in [-0.25, -0.2) is 0 Å². The largest absolute Gasteiger partial charge is 0.505 e. The summed E-state index contributed by atoms with van der Waals surface area (Å²) in [6.45, 7) is 0. The lowest BCUT2D eigenvalue weighted by atomic mass is 10.3. The van der Waals surface area contributed by atoms with Crippen LogP contribution in [0.2, 0.25) is 0 Å². The molecule has 88 valence electrons. The van der Waals surface area contributed by atoms with Gasteiger partial charge in [-0.15, -0.1) is 10.2 Å². The summed E-state index contributed by atoms with van der Waals surface area (Å²) < 4.78 is 0. The molecule has 8 heteroatoms. The lowest BCUT2D eigenvalue weighted by Crippen LogP contribution is -1.84. The minimum atomic E-state index is -0.200. The monoisotopic (exact) mass is 234 g/mol. The third kappa shape index (κ3) is 1.95. The lowest BCUT2D eigenvalue weighted by Gasteiger charge is -1.99. The number of nitrogen functional groups attached to an aromatic ring is 2. The highest BCUT2D eigenvalue weighted by Gasteiger charge is 2.09. The number of nitrogens with zero attached hydrogens (tertiary/aromatic N) is 3. The van der Waals surface area contributed by atoms with E-state index < -0.39 is 0 Å². The van der Waals surface area contributed by atoms with Gasteiger partial charge >= 0.3 is 0 Å². The number of benzene rings is 1. The predicted octanol–water partition coefficient (Wildman–Crippen LogP) is 1.40. The normalized spacial score (nSPS) is 11.1. The highest BCUT2D eigenvalue weighted by Crippen LogP contribution is 2.37. The summed E-state index contributed by atoms with van der Waals surface area (Å²) in [5.41, 5.74) is 11.1. The number of hydrogen-bond acceptors (Lipinski definition) is 7. The van der Waals surface area contributed by atoms with E-state index >= 15 is 0 Å². The van der Waals surface area contributed by atoms with Crippen LogP contribution in [0.3, 0.4) is 0 Å². The number of aromatic hydroxyl groups is 2. The molecule has 0 spiro atoms. The van der Waals surface area contributed by atoms with Crippen molar-refractivity contribution in [3.63, 3.8) is 0 Å². The van der Waals surface area contributed by atoms with Crippen molar-refractivity contribution in [2.75, 3.05) is 11.5 Å². The minimum absolute atomic E-state index is 0.0625. The Bertz CT molecular complexity index is 537. The molecule has 0 aliphatic rings. The summed E-state index contributed by atoms with van der Waals surface area (Å²) in [6, 6.07) is 4.22. The second-order valence-corrected chi connectivity index (χ2v) is 3.22. The van der Waals surface area contributed by atoms with E-state index in [1.807, 2.05) is 0 Å². The molecule has 0 radical (unpaired) electrons. The first-order valence-corrected chi connectivity index (χ1v) is 4.61.